The molecule has 0 fully saturated rings. The first-order chi connectivity index (χ1) is 6.77. The van der Waals surface area contributed by atoms with Crippen molar-refractivity contribution in [2.45, 2.75) is 26.4 Å². The van der Waals surface area contributed by atoms with Crippen molar-refractivity contribution in [3.8, 4) is 0 Å². The molecule has 0 bridgehead atoms. The van der Waals surface area contributed by atoms with Crippen LogP contribution in [0.3, 0.4) is 0 Å². The van der Waals surface area contributed by atoms with Gasteiger partial charge in [0.15, 0.2) is 0 Å². The molecule has 4 heteroatoms. The van der Waals surface area contributed by atoms with Gasteiger partial charge < -0.3 is 4.74 Å². The minimum atomic E-state index is 0.122. The van der Waals surface area contributed by atoms with E-state index in [0.29, 0.717) is 19.6 Å². The van der Waals surface area contributed by atoms with Crippen LogP contribution in [-0.2, 0) is 29.0 Å². The summed E-state index contributed by atoms with van der Waals surface area (Å²) in [6.07, 6.45) is 2.74. The number of ether oxygens (including phenoxy) is 1. The maximum Gasteiger partial charge on any atom is 0.135 e. The molecule has 4 nitrogen and oxygen atoms in total. The molecule has 1 aliphatic heterocycles. The van der Waals surface area contributed by atoms with Crippen LogP contribution >= 0.6 is 0 Å². The summed E-state index contributed by atoms with van der Waals surface area (Å²) < 4.78 is 5.33. The maximum absolute atomic E-state index is 11.0. The summed E-state index contributed by atoms with van der Waals surface area (Å²) in [6, 6.07) is 0. The molecule has 14 heavy (non-hydrogen) atoms. The SMILES string of the molecule is CC(=O)Cc1ncnc2c1COCC2. The number of nitrogens with zero attached hydrogens (tertiary/aromatic N) is 2. The molecule has 0 atom stereocenters. The van der Waals surface area contributed by atoms with E-state index >= 15 is 0 Å². The van der Waals surface area contributed by atoms with Crippen molar-refractivity contribution in [1.29, 1.82) is 0 Å². The van der Waals surface area contributed by atoms with Crippen molar-refractivity contribution in [2.24, 2.45) is 0 Å². The van der Waals surface area contributed by atoms with Crippen LogP contribution in [0.1, 0.15) is 23.9 Å². The van der Waals surface area contributed by atoms with Gasteiger partial charge in [-0.3, -0.25) is 4.79 Å². The number of hydrogen-bond acceptors (Lipinski definition) is 4. The zero-order valence-electron chi connectivity index (χ0n) is 8.12. The highest BCUT2D eigenvalue weighted by Crippen LogP contribution is 2.17. The van der Waals surface area contributed by atoms with Crippen molar-refractivity contribution in [2.75, 3.05) is 6.61 Å². The van der Waals surface area contributed by atoms with Gasteiger partial charge in [0.25, 0.3) is 0 Å². The van der Waals surface area contributed by atoms with Crippen LogP contribution in [0.15, 0.2) is 6.33 Å². The quantitative estimate of drug-likeness (QED) is 0.691. The minimum absolute atomic E-state index is 0.122. The molecular weight excluding hydrogens is 180 g/mol. The monoisotopic (exact) mass is 192 g/mol. The fraction of sp³-hybridized carbons (Fsp3) is 0.500. The molecule has 2 heterocycles. The van der Waals surface area contributed by atoms with E-state index in [9.17, 15) is 4.79 Å². The summed E-state index contributed by atoms with van der Waals surface area (Å²) >= 11 is 0. The van der Waals surface area contributed by atoms with Crippen molar-refractivity contribution < 1.29 is 9.53 Å². The number of fused-ring (bicyclic) bond motifs is 1. The van der Waals surface area contributed by atoms with Crippen molar-refractivity contribution in [1.82, 2.24) is 9.97 Å². The molecule has 0 aromatic carbocycles. The van der Waals surface area contributed by atoms with Gasteiger partial charge in [0.05, 0.1) is 24.6 Å². The van der Waals surface area contributed by atoms with Crippen LogP contribution in [0, 0.1) is 0 Å². The Labute approximate surface area is 82.3 Å². The summed E-state index contributed by atoms with van der Waals surface area (Å²) in [5.41, 5.74) is 2.86. The molecular formula is C10H12N2O2. The summed E-state index contributed by atoms with van der Waals surface area (Å²) in [6.45, 7) is 2.82. The lowest BCUT2D eigenvalue weighted by atomic mass is 10.0. The van der Waals surface area contributed by atoms with Crippen molar-refractivity contribution in [3.05, 3.63) is 23.3 Å². The summed E-state index contributed by atoms with van der Waals surface area (Å²) in [4.78, 5) is 19.3. The number of aromatic nitrogens is 2. The summed E-state index contributed by atoms with van der Waals surface area (Å²) in [5, 5.41) is 0. The Kier molecular flexibility index (Phi) is 2.54. The average Bonchev–Trinajstić information content (AvgIpc) is 2.18. The van der Waals surface area contributed by atoms with Crippen LogP contribution in [0.4, 0.5) is 0 Å². The molecule has 0 saturated heterocycles. The Morgan fingerprint density at radius 2 is 2.43 bits per heavy atom. The van der Waals surface area contributed by atoms with Crippen LogP contribution < -0.4 is 0 Å². The number of rotatable bonds is 2. The predicted octanol–water partition coefficient (Wildman–Crippen LogP) is 0.681. The third kappa shape index (κ3) is 1.80. The van der Waals surface area contributed by atoms with E-state index in [0.717, 1.165) is 23.4 Å². The fourth-order valence-corrected chi connectivity index (χ4v) is 1.60. The highest BCUT2D eigenvalue weighted by Gasteiger charge is 2.16. The second-order valence-corrected chi connectivity index (χ2v) is 3.43. The molecule has 0 saturated carbocycles. The first-order valence-corrected chi connectivity index (χ1v) is 4.66. The van der Waals surface area contributed by atoms with E-state index < -0.39 is 0 Å². The van der Waals surface area contributed by atoms with E-state index in [4.69, 9.17) is 4.74 Å². The lowest BCUT2D eigenvalue weighted by Crippen LogP contribution is -2.16. The first-order valence-electron chi connectivity index (χ1n) is 4.66. The van der Waals surface area contributed by atoms with Gasteiger partial charge in [-0.25, -0.2) is 9.97 Å². The summed E-state index contributed by atoms with van der Waals surface area (Å²) in [5.74, 6) is 0.122. The Balaban J connectivity index is 2.35. The normalized spacial score (nSPS) is 14.9. The molecule has 0 aliphatic carbocycles. The molecule has 0 spiro atoms. The third-order valence-electron chi connectivity index (χ3n) is 2.27. The lowest BCUT2D eigenvalue weighted by Gasteiger charge is -2.17. The number of carbonyl (C=O) groups excluding carboxylic acids is 1. The molecule has 0 N–H and O–H groups in total. The topological polar surface area (TPSA) is 52.1 Å². The van der Waals surface area contributed by atoms with E-state index in [1.54, 1.807) is 6.92 Å². The van der Waals surface area contributed by atoms with Gasteiger partial charge >= 0.3 is 0 Å². The molecule has 0 radical (unpaired) electrons. The smallest absolute Gasteiger partial charge is 0.135 e. The number of ketones is 1. The molecule has 74 valence electrons. The van der Waals surface area contributed by atoms with Crippen molar-refractivity contribution >= 4 is 5.78 Å². The number of Topliss-reactive ketones (excluding diaryl/α,β-unsaturated/α-hetero) is 1. The van der Waals surface area contributed by atoms with E-state index in [-0.39, 0.29) is 5.78 Å². The largest absolute Gasteiger partial charge is 0.376 e. The molecule has 1 aromatic rings. The Hall–Kier alpha value is -1.29. The zero-order valence-corrected chi connectivity index (χ0v) is 8.12. The Morgan fingerprint density at radius 1 is 1.57 bits per heavy atom. The number of hydrogen-bond donors (Lipinski definition) is 0. The van der Waals surface area contributed by atoms with Gasteiger partial charge in [0.1, 0.15) is 12.1 Å². The molecule has 1 aromatic heterocycles. The summed E-state index contributed by atoms with van der Waals surface area (Å²) in [7, 11) is 0. The maximum atomic E-state index is 11.0. The standard InChI is InChI=1S/C10H12N2O2/c1-7(13)4-10-8-5-14-3-2-9(8)11-6-12-10/h6H,2-5H2,1H3. The van der Waals surface area contributed by atoms with Gasteiger partial charge in [-0.1, -0.05) is 0 Å². The van der Waals surface area contributed by atoms with Gasteiger partial charge in [-0.2, -0.15) is 0 Å². The van der Waals surface area contributed by atoms with Crippen LogP contribution in [0.25, 0.3) is 0 Å². The predicted molar refractivity (Wildman–Crippen MR) is 49.8 cm³/mol. The highest BCUT2D eigenvalue weighted by atomic mass is 16.5. The highest BCUT2D eigenvalue weighted by molar-refractivity contribution is 5.78. The van der Waals surface area contributed by atoms with Crippen LogP contribution in [0.5, 0.6) is 0 Å². The van der Waals surface area contributed by atoms with E-state index in [1.165, 1.54) is 6.33 Å². The second-order valence-electron chi connectivity index (χ2n) is 3.43. The first kappa shape index (κ1) is 9.27. The fourth-order valence-electron chi connectivity index (χ4n) is 1.60. The van der Waals surface area contributed by atoms with Gasteiger partial charge in [-0.15, -0.1) is 0 Å². The lowest BCUT2D eigenvalue weighted by molar-refractivity contribution is -0.116. The van der Waals surface area contributed by atoms with E-state index in [2.05, 4.69) is 9.97 Å². The number of carbonyl (C=O) groups is 1. The van der Waals surface area contributed by atoms with Gasteiger partial charge in [0.2, 0.25) is 0 Å². The van der Waals surface area contributed by atoms with Crippen LogP contribution in [-0.4, -0.2) is 22.4 Å². The molecule has 1 aliphatic rings. The second kappa shape index (κ2) is 3.84. The molecule has 2 rings (SSSR count). The average molecular weight is 192 g/mol. The molecule has 0 unspecified atom stereocenters. The Bertz CT molecular complexity index is 363. The zero-order chi connectivity index (χ0) is 9.97. The Morgan fingerprint density at radius 3 is 3.21 bits per heavy atom. The minimum Gasteiger partial charge on any atom is -0.376 e. The molecule has 0 amide bonds. The van der Waals surface area contributed by atoms with Crippen molar-refractivity contribution in [3.63, 3.8) is 0 Å². The van der Waals surface area contributed by atoms with Crippen LogP contribution in [0.2, 0.25) is 0 Å². The van der Waals surface area contributed by atoms with Gasteiger partial charge in [0, 0.05) is 18.4 Å². The third-order valence-corrected chi connectivity index (χ3v) is 2.27. The van der Waals surface area contributed by atoms with Gasteiger partial charge in [-0.05, 0) is 6.92 Å². The van der Waals surface area contributed by atoms with E-state index in [1.807, 2.05) is 0 Å².